The van der Waals surface area contributed by atoms with Gasteiger partial charge in [-0.1, -0.05) is 24.3 Å². The van der Waals surface area contributed by atoms with Gasteiger partial charge in [0.05, 0.1) is 5.41 Å². The number of likely N-dealkylation sites (N-methyl/N-ethyl adjacent to an activating group) is 1. The van der Waals surface area contributed by atoms with Gasteiger partial charge in [0, 0.05) is 18.7 Å². The van der Waals surface area contributed by atoms with Crippen LogP contribution in [-0.2, 0) is 15.1 Å². The maximum atomic E-state index is 12.8. The molecule has 4 aliphatic rings. The molecule has 1 aliphatic carbocycles. The summed E-state index contributed by atoms with van der Waals surface area (Å²) in [4.78, 5) is 14.8. The Hall–Kier alpha value is -0.960. The summed E-state index contributed by atoms with van der Waals surface area (Å²) in [6.45, 7) is 2.13. The molecule has 3 heterocycles. The Kier molecular flexibility index (Phi) is 1.90. The van der Waals surface area contributed by atoms with E-state index in [-0.39, 0.29) is 10.3 Å². The molecule has 3 aliphatic heterocycles. The van der Waals surface area contributed by atoms with Crippen molar-refractivity contribution in [2.24, 2.45) is 5.92 Å². The van der Waals surface area contributed by atoms with Crippen LogP contribution in [-0.4, -0.2) is 23.6 Å². The Labute approximate surface area is 112 Å². The highest BCUT2D eigenvalue weighted by molar-refractivity contribution is 8.01. The molecule has 2 nitrogen and oxygen atoms in total. The van der Waals surface area contributed by atoms with Crippen molar-refractivity contribution < 1.29 is 4.79 Å². The number of carbonyl (C=O) groups excluding carboxylic acids is 1. The average molecular weight is 259 g/mol. The van der Waals surface area contributed by atoms with E-state index in [1.807, 2.05) is 23.7 Å². The van der Waals surface area contributed by atoms with Gasteiger partial charge in [-0.05, 0) is 30.9 Å². The van der Waals surface area contributed by atoms with Gasteiger partial charge < -0.3 is 4.90 Å². The number of hydrogen-bond donors (Lipinski definition) is 0. The summed E-state index contributed by atoms with van der Waals surface area (Å²) in [5.41, 5.74) is 2.38. The van der Waals surface area contributed by atoms with Crippen LogP contribution in [0.4, 0.5) is 0 Å². The summed E-state index contributed by atoms with van der Waals surface area (Å²) in [6.07, 6.45) is 2.18. The van der Waals surface area contributed by atoms with Crippen LogP contribution in [0.15, 0.2) is 24.3 Å². The fourth-order valence-corrected chi connectivity index (χ4v) is 5.72. The molecule has 0 radical (unpaired) electrons. The number of thioether (sulfide) groups is 1. The number of amides is 1. The maximum Gasteiger partial charge on any atom is 0.234 e. The van der Waals surface area contributed by atoms with Crippen LogP contribution in [0.25, 0.3) is 0 Å². The number of nitrogens with zero attached hydrogens (tertiary/aromatic N) is 1. The molecule has 2 bridgehead atoms. The molecule has 3 atom stereocenters. The second-order valence-corrected chi connectivity index (χ2v) is 7.23. The lowest BCUT2D eigenvalue weighted by Crippen LogP contribution is -2.61. The van der Waals surface area contributed by atoms with Crippen LogP contribution in [0, 0.1) is 5.92 Å². The van der Waals surface area contributed by atoms with Crippen molar-refractivity contribution in [2.45, 2.75) is 30.1 Å². The molecule has 0 N–H and O–H groups in total. The zero-order valence-corrected chi connectivity index (χ0v) is 11.6. The lowest BCUT2D eigenvalue weighted by Gasteiger charge is -2.57. The highest BCUT2D eigenvalue weighted by atomic mass is 32.2. The molecule has 3 heteroatoms. The van der Waals surface area contributed by atoms with Gasteiger partial charge in [0.15, 0.2) is 0 Å². The number of fused-ring (bicyclic) bond motifs is 2. The van der Waals surface area contributed by atoms with E-state index in [9.17, 15) is 4.79 Å². The SMILES string of the molecule is CN1C(=O)[C@]2(C)CC[C@@H]3CS[C@@]31c1ccccc12. The lowest BCUT2D eigenvalue weighted by atomic mass is 9.73. The van der Waals surface area contributed by atoms with Gasteiger partial charge in [-0.25, -0.2) is 0 Å². The second kappa shape index (κ2) is 3.13. The van der Waals surface area contributed by atoms with E-state index in [1.54, 1.807) is 0 Å². The highest BCUT2D eigenvalue weighted by Crippen LogP contribution is 2.65. The van der Waals surface area contributed by atoms with E-state index in [2.05, 4.69) is 31.2 Å². The quantitative estimate of drug-likeness (QED) is 0.714. The van der Waals surface area contributed by atoms with Crippen LogP contribution < -0.4 is 0 Å². The molecule has 18 heavy (non-hydrogen) atoms. The summed E-state index contributed by atoms with van der Waals surface area (Å²) in [5, 5.41) is 0. The Morgan fingerprint density at radius 2 is 2.06 bits per heavy atom. The molecule has 5 rings (SSSR count). The zero-order chi connectivity index (χ0) is 12.5. The van der Waals surface area contributed by atoms with Crippen molar-refractivity contribution in [1.82, 2.24) is 4.90 Å². The van der Waals surface area contributed by atoms with E-state index in [0.29, 0.717) is 11.8 Å². The van der Waals surface area contributed by atoms with Gasteiger partial charge in [-0.15, -0.1) is 11.8 Å². The predicted molar refractivity (Wildman–Crippen MR) is 73.4 cm³/mol. The summed E-state index contributed by atoms with van der Waals surface area (Å²) in [6, 6.07) is 8.60. The third-order valence-electron chi connectivity index (χ3n) is 5.23. The standard InChI is InChI=1S/C15H17NOS/c1-14-8-7-10-9-18-15(10,16(2)13(14)17)12-6-4-3-5-11(12)14/h3-6,10H,7-9H2,1-2H3/t10-,14-,15-/m1/s1. The number of benzene rings is 1. The number of rotatable bonds is 0. The minimum Gasteiger partial charge on any atom is -0.326 e. The third-order valence-corrected chi connectivity index (χ3v) is 7.07. The first-order chi connectivity index (χ1) is 8.60. The first-order valence-corrected chi connectivity index (χ1v) is 7.61. The van der Waals surface area contributed by atoms with Crippen LogP contribution in [0.2, 0.25) is 0 Å². The molecule has 1 aromatic carbocycles. The van der Waals surface area contributed by atoms with Crippen molar-refractivity contribution in [3.63, 3.8) is 0 Å². The molecule has 0 unspecified atom stereocenters. The van der Waals surface area contributed by atoms with E-state index >= 15 is 0 Å². The summed E-state index contributed by atoms with van der Waals surface area (Å²) in [5.74, 6) is 2.15. The molecule has 94 valence electrons. The molecule has 0 saturated carbocycles. The topological polar surface area (TPSA) is 20.3 Å². The third kappa shape index (κ3) is 0.944. The van der Waals surface area contributed by atoms with Gasteiger partial charge in [-0.2, -0.15) is 0 Å². The van der Waals surface area contributed by atoms with Crippen molar-refractivity contribution in [3.8, 4) is 0 Å². The minimum atomic E-state index is -0.297. The fraction of sp³-hybridized carbons (Fsp3) is 0.533. The predicted octanol–water partition coefficient (Wildman–Crippen LogP) is 2.73. The summed E-state index contributed by atoms with van der Waals surface area (Å²) in [7, 11) is 2.00. The molecule has 2 fully saturated rings. The van der Waals surface area contributed by atoms with Gasteiger partial charge in [0.2, 0.25) is 5.91 Å². The Morgan fingerprint density at radius 1 is 1.33 bits per heavy atom. The van der Waals surface area contributed by atoms with E-state index in [0.717, 1.165) is 6.42 Å². The van der Waals surface area contributed by atoms with Gasteiger partial charge in [0.1, 0.15) is 4.87 Å². The molecule has 1 amide bonds. The van der Waals surface area contributed by atoms with Crippen molar-refractivity contribution in [3.05, 3.63) is 35.4 Å². The number of hydrogen-bond acceptors (Lipinski definition) is 2. The van der Waals surface area contributed by atoms with E-state index in [1.165, 1.54) is 23.3 Å². The summed E-state index contributed by atoms with van der Waals surface area (Å²) >= 11 is 1.95. The monoisotopic (exact) mass is 259 g/mol. The molecule has 1 spiro atoms. The van der Waals surface area contributed by atoms with E-state index < -0.39 is 0 Å². The number of carbonyl (C=O) groups is 1. The second-order valence-electron chi connectivity index (χ2n) is 5.98. The molecular weight excluding hydrogens is 242 g/mol. The first kappa shape index (κ1) is 10.9. The maximum absolute atomic E-state index is 12.8. The Bertz CT molecular complexity index is 557. The highest BCUT2D eigenvalue weighted by Gasteiger charge is 2.63. The van der Waals surface area contributed by atoms with Crippen molar-refractivity contribution in [1.29, 1.82) is 0 Å². The summed E-state index contributed by atoms with van der Waals surface area (Å²) < 4.78 is 0. The lowest BCUT2D eigenvalue weighted by molar-refractivity contribution is -0.140. The molecule has 2 saturated heterocycles. The van der Waals surface area contributed by atoms with Gasteiger partial charge >= 0.3 is 0 Å². The average Bonchev–Trinajstić information content (AvgIpc) is 2.45. The molecule has 1 aromatic rings. The van der Waals surface area contributed by atoms with Crippen LogP contribution >= 0.6 is 11.8 Å². The minimum absolute atomic E-state index is 0.0519. The fourth-order valence-electron chi connectivity index (χ4n) is 4.10. The largest absolute Gasteiger partial charge is 0.326 e. The molecule has 0 aromatic heterocycles. The Morgan fingerprint density at radius 3 is 2.72 bits per heavy atom. The van der Waals surface area contributed by atoms with Gasteiger partial charge in [-0.3, -0.25) is 4.79 Å². The zero-order valence-electron chi connectivity index (χ0n) is 10.8. The normalized spacial score (nSPS) is 40.9. The molecular formula is C15H17NOS. The smallest absolute Gasteiger partial charge is 0.234 e. The van der Waals surface area contributed by atoms with Crippen molar-refractivity contribution >= 4 is 17.7 Å². The van der Waals surface area contributed by atoms with Crippen LogP contribution in [0.5, 0.6) is 0 Å². The first-order valence-electron chi connectivity index (χ1n) is 6.63. The van der Waals surface area contributed by atoms with Crippen LogP contribution in [0.1, 0.15) is 30.9 Å². The van der Waals surface area contributed by atoms with E-state index in [4.69, 9.17) is 0 Å². The van der Waals surface area contributed by atoms with Crippen LogP contribution in [0.3, 0.4) is 0 Å². The Balaban J connectivity index is 2.08. The van der Waals surface area contributed by atoms with Crippen molar-refractivity contribution in [2.75, 3.05) is 12.8 Å². The van der Waals surface area contributed by atoms with Gasteiger partial charge in [0.25, 0.3) is 0 Å².